The normalized spacial score (nSPS) is 21.0. The number of urea groups is 1. The van der Waals surface area contributed by atoms with Crippen LogP contribution in [0.2, 0.25) is 0 Å². The molecule has 0 spiro atoms. The molecule has 21 heavy (non-hydrogen) atoms. The molecule has 0 radical (unpaired) electrons. The Morgan fingerprint density at radius 1 is 1.38 bits per heavy atom. The molecule has 2 atom stereocenters. The highest BCUT2D eigenvalue weighted by Crippen LogP contribution is 2.30. The zero-order valence-corrected chi connectivity index (χ0v) is 11.9. The molecule has 1 saturated carbocycles. The molecule has 6 heteroatoms. The van der Waals surface area contributed by atoms with Gasteiger partial charge in [0.25, 0.3) is 0 Å². The maximum absolute atomic E-state index is 13.2. The van der Waals surface area contributed by atoms with Crippen molar-refractivity contribution in [3.63, 3.8) is 0 Å². The Morgan fingerprint density at radius 2 is 2.14 bits per heavy atom. The number of carboxylic acid groups (broad SMARTS) is 1. The van der Waals surface area contributed by atoms with Gasteiger partial charge in [-0.05, 0) is 36.5 Å². The van der Waals surface area contributed by atoms with Crippen molar-refractivity contribution in [3.05, 3.63) is 29.6 Å². The molecule has 2 rings (SSSR count). The lowest BCUT2D eigenvalue weighted by Gasteiger charge is -2.16. The van der Waals surface area contributed by atoms with Gasteiger partial charge in [0, 0.05) is 6.54 Å². The van der Waals surface area contributed by atoms with Crippen LogP contribution in [0.1, 0.15) is 36.5 Å². The summed E-state index contributed by atoms with van der Waals surface area (Å²) in [7, 11) is 0. The first kappa shape index (κ1) is 15.3. The quantitative estimate of drug-likeness (QED) is 0.798. The highest BCUT2D eigenvalue weighted by Gasteiger charge is 2.23. The summed E-state index contributed by atoms with van der Waals surface area (Å²) in [5.41, 5.74) is -0.180. The number of halogens is 1. The summed E-state index contributed by atoms with van der Waals surface area (Å²) in [6, 6.07) is 2.67. The first-order valence-electron chi connectivity index (χ1n) is 7.05. The van der Waals surface area contributed by atoms with E-state index in [-0.39, 0.29) is 11.3 Å². The van der Waals surface area contributed by atoms with Crippen LogP contribution in [-0.4, -0.2) is 23.7 Å². The van der Waals surface area contributed by atoms with E-state index in [0.717, 1.165) is 24.6 Å². The van der Waals surface area contributed by atoms with Crippen LogP contribution in [0.25, 0.3) is 0 Å². The van der Waals surface area contributed by atoms with Crippen LogP contribution in [0.5, 0.6) is 0 Å². The van der Waals surface area contributed by atoms with E-state index < -0.39 is 17.8 Å². The molecule has 2 unspecified atom stereocenters. The van der Waals surface area contributed by atoms with Gasteiger partial charge in [-0.15, -0.1) is 0 Å². The predicted octanol–water partition coefficient (Wildman–Crippen LogP) is 3.08. The number of anilines is 1. The number of hydrogen-bond acceptors (Lipinski definition) is 2. The van der Waals surface area contributed by atoms with Gasteiger partial charge in [0.15, 0.2) is 0 Å². The lowest BCUT2D eigenvalue weighted by molar-refractivity contribution is 0.0698. The predicted molar refractivity (Wildman–Crippen MR) is 76.9 cm³/mol. The molecule has 0 aromatic heterocycles. The fourth-order valence-corrected chi connectivity index (χ4v) is 2.72. The van der Waals surface area contributed by atoms with Gasteiger partial charge < -0.3 is 15.7 Å². The van der Waals surface area contributed by atoms with Crippen LogP contribution in [0, 0.1) is 17.7 Å². The number of hydrogen-bond donors (Lipinski definition) is 3. The van der Waals surface area contributed by atoms with Gasteiger partial charge >= 0.3 is 12.0 Å². The third kappa shape index (κ3) is 3.93. The van der Waals surface area contributed by atoms with E-state index in [9.17, 15) is 14.0 Å². The Bertz CT molecular complexity index is 548. The second kappa shape index (κ2) is 6.56. The fraction of sp³-hybridized carbons (Fsp3) is 0.467. The van der Waals surface area contributed by atoms with E-state index in [0.29, 0.717) is 18.4 Å². The summed E-state index contributed by atoms with van der Waals surface area (Å²) in [4.78, 5) is 22.9. The van der Waals surface area contributed by atoms with Crippen LogP contribution in [0.15, 0.2) is 18.2 Å². The highest BCUT2D eigenvalue weighted by molar-refractivity contribution is 5.99. The molecule has 1 fully saturated rings. The fourth-order valence-electron chi connectivity index (χ4n) is 2.72. The Morgan fingerprint density at radius 3 is 2.76 bits per heavy atom. The summed E-state index contributed by atoms with van der Waals surface area (Å²) >= 11 is 0. The van der Waals surface area contributed by atoms with Crippen molar-refractivity contribution in [2.24, 2.45) is 11.8 Å². The molecule has 1 aromatic rings. The number of rotatable bonds is 4. The van der Waals surface area contributed by atoms with Crippen LogP contribution in [0.3, 0.4) is 0 Å². The molecule has 3 N–H and O–H groups in total. The maximum atomic E-state index is 13.2. The van der Waals surface area contributed by atoms with Crippen molar-refractivity contribution in [2.75, 3.05) is 11.9 Å². The topological polar surface area (TPSA) is 78.4 Å². The second-order valence-corrected chi connectivity index (χ2v) is 5.50. The maximum Gasteiger partial charge on any atom is 0.337 e. The molecule has 0 heterocycles. The van der Waals surface area contributed by atoms with E-state index in [1.54, 1.807) is 0 Å². The molecule has 114 valence electrons. The van der Waals surface area contributed by atoms with Crippen molar-refractivity contribution >= 4 is 17.7 Å². The van der Waals surface area contributed by atoms with Crippen LogP contribution in [0.4, 0.5) is 14.9 Å². The minimum Gasteiger partial charge on any atom is -0.478 e. The average Bonchev–Trinajstić information content (AvgIpc) is 2.81. The standard InChI is InChI=1S/C15H19FN2O3/c1-9-3-2-4-10(9)8-17-15(21)18-13-7-11(16)5-6-12(13)14(19)20/h5-7,9-10H,2-4,8H2,1H3,(H,19,20)(H2,17,18,21). The second-order valence-electron chi connectivity index (χ2n) is 5.50. The number of aromatic carboxylic acids is 1. The van der Waals surface area contributed by atoms with Gasteiger partial charge in [0.05, 0.1) is 11.3 Å². The zero-order chi connectivity index (χ0) is 15.4. The van der Waals surface area contributed by atoms with Crippen molar-refractivity contribution in [1.82, 2.24) is 5.32 Å². The van der Waals surface area contributed by atoms with Crippen molar-refractivity contribution in [1.29, 1.82) is 0 Å². The first-order valence-corrected chi connectivity index (χ1v) is 7.05. The monoisotopic (exact) mass is 294 g/mol. The molecule has 0 aliphatic heterocycles. The Kier molecular flexibility index (Phi) is 4.77. The molecule has 1 aliphatic rings. The van der Waals surface area contributed by atoms with Crippen LogP contribution in [-0.2, 0) is 0 Å². The van der Waals surface area contributed by atoms with E-state index in [1.807, 2.05) is 0 Å². The van der Waals surface area contributed by atoms with Crippen LogP contribution >= 0.6 is 0 Å². The summed E-state index contributed by atoms with van der Waals surface area (Å²) in [5.74, 6) is -0.786. The molecule has 5 nitrogen and oxygen atoms in total. The Balaban J connectivity index is 1.96. The molecular formula is C15H19FN2O3. The Hall–Kier alpha value is -2.11. The lowest BCUT2D eigenvalue weighted by Crippen LogP contribution is -2.34. The van der Waals surface area contributed by atoms with E-state index in [1.165, 1.54) is 12.8 Å². The summed E-state index contributed by atoms with van der Waals surface area (Å²) < 4.78 is 13.2. The summed E-state index contributed by atoms with van der Waals surface area (Å²) in [6.07, 6.45) is 3.42. The number of carbonyl (C=O) groups excluding carboxylic acids is 1. The molecular weight excluding hydrogens is 275 g/mol. The number of carbonyl (C=O) groups is 2. The van der Waals surface area contributed by atoms with Gasteiger partial charge in [0.1, 0.15) is 5.82 Å². The lowest BCUT2D eigenvalue weighted by atomic mass is 9.98. The summed E-state index contributed by atoms with van der Waals surface area (Å²) in [6.45, 7) is 2.71. The number of benzene rings is 1. The molecule has 1 aromatic carbocycles. The first-order chi connectivity index (χ1) is 9.97. The van der Waals surface area contributed by atoms with Crippen molar-refractivity contribution < 1.29 is 19.1 Å². The number of nitrogens with one attached hydrogen (secondary N) is 2. The van der Waals surface area contributed by atoms with Crippen LogP contribution < -0.4 is 10.6 Å². The van der Waals surface area contributed by atoms with Crippen molar-refractivity contribution in [3.8, 4) is 0 Å². The van der Waals surface area contributed by atoms with Gasteiger partial charge in [-0.1, -0.05) is 19.8 Å². The van der Waals surface area contributed by atoms with Gasteiger partial charge in [0.2, 0.25) is 0 Å². The van der Waals surface area contributed by atoms with E-state index in [4.69, 9.17) is 5.11 Å². The zero-order valence-electron chi connectivity index (χ0n) is 11.9. The third-order valence-corrected chi connectivity index (χ3v) is 4.02. The SMILES string of the molecule is CC1CCCC1CNC(=O)Nc1cc(F)ccc1C(=O)O. The minimum atomic E-state index is -1.21. The third-order valence-electron chi connectivity index (χ3n) is 4.02. The average molecular weight is 294 g/mol. The molecule has 0 bridgehead atoms. The van der Waals surface area contributed by atoms with E-state index in [2.05, 4.69) is 17.6 Å². The molecule has 0 saturated heterocycles. The molecule has 1 aliphatic carbocycles. The van der Waals surface area contributed by atoms with Crippen molar-refractivity contribution in [2.45, 2.75) is 26.2 Å². The van der Waals surface area contributed by atoms with Gasteiger partial charge in [-0.3, -0.25) is 0 Å². The minimum absolute atomic E-state index is 0.0422. The largest absolute Gasteiger partial charge is 0.478 e. The van der Waals surface area contributed by atoms with Gasteiger partial charge in [-0.2, -0.15) is 0 Å². The highest BCUT2D eigenvalue weighted by atomic mass is 19.1. The summed E-state index contributed by atoms with van der Waals surface area (Å²) in [5, 5.41) is 14.1. The van der Waals surface area contributed by atoms with Gasteiger partial charge in [-0.25, -0.2) is 14.0 Å². The Labute approximate surface area is 122 Å². The number of amides is 2. The van der Waals surface area contributed by atoms with E-state index >= 15 is 0 Å². The molecule has 2 amide bonds. The number of carboxylic acids is 1. The smallest absolute Gasteiger partial charge is 0.337 e.